The van der Waals surface area contributed by atoms with Gasteiger partial charge in [0.15, 0.2) is 0 Å². The zero-order valence-corrected chi connectivity index (χ0v) is 12.4. The maximum atomic E-state index is 13.3. The van der Waals surface area contributed by atoms with E-state index < -0.39 is 15.7 Å². The van der Waals surface area contributed by atoms with E-state index in [4.69, 9.17) is 5.73 Å². The summed E-state index contributed by atoms with van der Waals surface area (Å²) in [5.41, 5.74) is 6.56. The molecule has 3 N–H and O–H groups in total. The molecular weight excluding hydrogens is 279 g/mol. The molecule has 0 aromatic heterocycles. The predicted molar refractivity (Wildman–Crippen MR) is 78.5 cm³/mol. The summed E-state index contributed by atoms with van der Waals surface area (Å²) < 4.78 is 36.5. The zero-order chi connectivity index (χ0) is 14.8. The van der Waals surface area contributed by atoms with E-state index in [0.717, 1.165) is 19.3 Å². The number of halogens is 1. The van der Waals surface area contributed by atoms with E-state index in [9.17, 15) is 12.8 Å². The predicted octanol–water partition coefficient (Wildman–Crippen LogP) is 1.85. The number of nitrogens with two attached hydrogens (primary N) is 1. The van der Waals surface area contributed by atoms with Crippen LogP contribution in [0.5, 0.6) is 0 Å². The first kappa shape index (κ1) is 15.3. The lowest BCUT2D eigenvalue weighted by atomic mass is 9.94. The smallest absolute Gasteiger partial charge is 0.150 e. The van der Waals surface area contributed by atoms with Crippen molar-refractivity contribution in [3.63, 3.8) is 0 Å². The first-order valence-corrected chi connectivity index (χ1v) is 8.78. The van der Waals surface area contributed by atoms with Crippen molar-refractivity contribution in [1.29, 1.82) is 0 Å². The Labute approximate surface area is 119 Å². The van der Waals surface area contributed by atoms with Gasteiger partial charge in [-0.05, 0) is 30.9 Å². The lowest BCUT2D eigenvalue weighted by Crippen LogP contribution is -2.38. The normalized spacial score (nSPS) is 23.7. The molecule has 6 heteroatoms. The van der Waals surface area contributed by atoms with Gasteiger partial charge in [-0.1, -0.05) is 18.6 Å². The lowest BCUT2D eigenvalue weighted by molar-refractivity contribution is 0.371. The van der Waals surface area contributed by atoms with Crippen molar-refractivity contribution >= 4 is 15.5 Å². The molecule has 0 spiro atoms. The van der Waals surface area contributed by atoms with Crippen LogP contribution in [-0.4, -0.2) is 26.0 Å². The first-order chi connectivity index (χ1) is 9.38. The first-order valence-electron chi connectivity index (χ1n) is 6.83. The highest BCUT2D eigenvalue weighted by Crippen LogP contribution is 2.24. The van der Waals surface area contributed by atoms with Crippen molar-refractivity contribution in [2.45, 2.75) is 43.5 Å². The van der Waals surface area contributed by atoms with Crippen molar-refractivity contribution in [3.05, 3.63) is 29.6 Å². The fourth-order valence-corrected chi connectivity index (χ4v) is 3.89. The monoisotopic (exact) mass is 300 g/mol. The van der Waals surface area contributed by atoms with E-state index in [2.05, 4.69) is 5.32 Å². The average Bonchev–Trinajstić information content (AvgIpc) is 2.40. The number of benzene rings is 1. The molecule has 0 radical (unpaired) electrons. The largest absolute Gasteiger partial charge is 0.396 e. The molecule has 0 amide bonds. The van der Waals surface area contributed by atoms with E-state index in [0.29, 0.717) is 18.5 Å². The Morgan fingerprint density at radius 2 is 2.15 bits per heavy atom. The number of nitrogen functional groups attached to an aromatic ring is 1. The minimum atomic E-state index is -2.98. The molecule has 2 unspecified atom stereocenters. The summed E-state index contributed by atoms with van der Waals surface area (Å²) >= 11 is 0. The summed E-state index contributed by atoms with van der Waals surface area (Å²) in [6.07, 6.45) is 4.49. The molecule has 0 saturated heterocycles. The fraction of sp³-hybridized carbons (Fsp3) is 0.571. The van der Waals surface area contributed by atoms with Crippen molar-refractivity contribution in [1.82, 2.24) is 5.32 Å². The van der Waals surface area contributed by atoms with Crippen LogP contribution in [0.25, 0.3) is 0 Å². The second kappa shape index (κ2) is 6.10. The lowest BCUT2D eigenvalue weighted by Gasteiger charge is -2.29. The summed E-state index contributed by atoms with van der Waals surface area (Å²) in [4.78, 5) is 0. The van der Waals surface area contributed by atoms with Gasteiger partial charge in [0.1, 0.15) is 15.7 Å². The highest BCUT2D eigenvalue weighted by molar-refractivity contribution is 7.91. The third-order valence-electron chi connectivity index (χ3n) is 3.96. The van der Waals surface area contributed by atoms with Crippen molar-refractivity contribution in [3.8, 4) is 0 Å². The summed E-state index contributed by atoms with van der Waals surface area (Å²) in [5, 5.41) is 3.03. The van der Waals surface area contributed by atoms with E-state index in [1.54, 1.807) is 12.1 Å². The van der Waals surface area contributed by atoms with Gasteiger partial charge >= 0.3 is 0 Å². The van der Waals surface area contributed by atoms with E-state index in [1.807, 2.05) is 0 Å². The standard InChI is InChI=1S/C14H21FN2O2S/c1-20(18,19)12-6-3-5-11(8-12)17-9-10-4-2-7-13(15)14(10)16/h2,4,7,11-12,17H,3,5-6,8-9,16H2,1H3. The molecule has 0 aliphatic heterocycles. The number of nitrogens with one attached hydrogen (secondary N) is 1. The zero-order valence-electron chi connectivity index (χ0n) is 11.6. The molecule has 2 rings (SSSR count). The number of anilines is 1. The Bertz CT molecular complexity index is 575. The van der Waals surface area contributed by atoms with Crippen LogP contribution in [0.2, 0.25) is 0 Å². The molecule has 112 valence electrons. The van der Waals surface area contributed by atoms with Crippen LogP contribution in [0.1, 0.15) is 31.2 Å². The van der Waals surface area contributed by atoms with E-state index >= 15 is 0 Å². The number of rotatable bonds is 4. The molecule has 1 aliphatic carbocycles. The van der Waals surface area contributed by atoms with Crippen LogP contribution in [-0.2, 0) is 16.4 Å². The summed E-state index contributed by atoms with van der Waals surface area (Å²) in [6.45, 7) is 0.463. The summed E-state index contributed by atoms with van der Waals surface area (Å²) in [7, 11) is -2.98. The van der Waals surface area contributed by atoms with Gasteiger partial charge in [-0.2, -0.15) is 0 Å². The third kappa shape index (κ3) is 3.70. The minimum Gasteiger partial charge on any atom is -0.396 e. The molecular formula is C14H21FN2O2S. The second-order valence-electron chi connectivity index (χ2n) is 5.51. The fourth-order valence-electron chi connectivity index (χ4n) is 2.71. The Kier molecular flexibility index (Phi) is 4.65. The maximum Gasteiger partial charge on any atom is 0.150 e. The van der Waals surface area contributed by atoms with Gasteiger partial charge < -0.3 is 11.1 Å². The third-order valence-corrected chi connectivity index (χ3v) is 5.60. The van der Waals surface area contributed by atoms with Crippen LogP contribution in [0.4, 0.5) is 10.1 Å². The molecule has 0 bridgehead atoms. The van der Waals surface area contributed by atoms with Crippen LogP contribution in [0.15, 0.2) is 18.2 Å². The second-order valence-corrected chi connectivity index (χ2v) is 7.83. The van der Waals surface area contributed by atoms with Gasteiger partial charge in [0.25, 0.3) is 0 Å². The molecule has 1 saturated carbocycles. The van der Waals surface area contributed by atoms with Crippen LogP contribution >= 0.6 is 0 Å². The van der Waals surface area contributed by atoms with Crippen LogP contribution in [0.3, 0.4) is 0 Å². The van der Waals surface area contributed by atoms with E-state index in [1.165, 1.54) is 12.3 Å². The van der Waals surface area contributed by atoms with Gasteiger partial charge in [-0.15, -0.1) is 0 Å². The number of hydrogen-bond acceptors (Lipinski definition) is 4. The van der Waals surface area contributed by atoms with Crippen molar-refractivity contribution < 1.29 is 12.8 Å². The molecule has 4 nitrogen and oxygen atoms in total. The van der Waals surface area contributed by atoms with Crippen molar-refractivity contribution in [2.24, 2.45) is 0 Å². The number of sulfone groups is 1. The number of para-hydroxylation sites is 1. The maximum absolute atomic E-state index is 13.3. The number of hydrogen-bond donors (Lipinski definition) is 2. The minimum absolute atomic E-state index is 0.145. The quantitative estimate of drug-likeness (QED) is 0.833. The SMILES string of the molecule is CS(=O)(=O)C1CCCC(NCc2cccc(F)c2N)C1. The van der Waals surface area contributed by atoms with E-state index in [-0.39, 0.29) is 17.0 Å². The Balaban J connectivity index is 1.95. The summed E-state index contributed by atoms with van der Waals surface area (Å²) in [5.74, 6) is -0.415. The van der Waals surface area contributed by atoms with Crippen LogP contribution < -0.4 is 11.1 Å². The highest BCUT2D eigenvalue weighted by Gasteiger charge is 2.28. The Morgan fingerprint density at radius 1 is 1.40 bits per heavy atom. The van der Waals surface area contributed by atoms with Gasteiger partial charge in [-0.3, -0.25) is 0 Å². The van der Waals surface area contributed by atoms with Gasteiger partial charge in [-0.25, -0.2) is 12.8 Å². The molecule has 2 atom stereocenters. The van der Waals surface area contributed by atoms with Gasteiger partial charge in [0.2, 0.25) is 0 Å². The molecule has 1 aromatic carbocycles. The molecule has 20 heavy (non-hydrogen) atoms. The average molecular weight is 300 g/mol. The van der Waals surface area contributed by atoms with Crippen LogP contribution in [0, 0.1) is 5.82 Å². The highest BCUT2D eigenvalue weighted by atomic mass is 32.2. The Morgan fingerprint density at radius 3 is 2.85 bits per heavy atom. The summed E-state index contributed by atoms with van der Waals surface area (Å²) in [6, 6.07) is 4.88. The van der Waals surface area contributed by atoms with Gasteiger partial charge in [0.05, 0.1) is 10.9 Å². The molecule has 0 heterocycles. The topological polar surface area (TPSA) is 72.2 Å². The van der Waals surface area contributed by atoms with Crippen molar-refractivity contribution in [2.75, 3.05) is 12.0 Å². The molecule has 1 aromatic rings. The molecule has 1 fully saturated rings. The van der Waals surface area contributed by atoms with Gasteiger partial charge in [0, 0.05) is 18.8 Å². The Hall–Kier alpha value is -1.14. The molecule has 1 aliphatic rings.